The molecule has 236 valence electrons. The van der Waals surface area contributed by atoms with E-state index in [1.807, 2.05) is 0 Å². The summed E-state index contributed by atoms with van der Waals surface area (Å²) in [5, 5.41) is 51.3. The van der Waals surface area contributed by atoms with Gasteiger partial charge >= 0.3 is 11.9 Å². The average molecular weight is 623 g/mol. The van der Waals surface area contributed by atoms with Crippen LogP contribution in [0.2, 0.25) is 0 Å². The van der Waals surface area contributed by atoms with Crippen LogP contribution in [-0.4, -0.2) is 80.6 Å². The quantitative estimate of drug-likeness (QED) is 0.182. The zero-order valence-electron chi connectivity index (χ0n) is 23.8. The number of phenols is 3. The molecule has 6 atom stereocenters. The van der Waals surface area contributed by atoms with Crippen molar-refractivity contribution >= 4 is 23.8 Å². The van der Waals surface area contributed by atoms with Gasteiger partial charge in [0, 0.05) is 25.1 Å². The third kappa shape index (κ3) is 7.34. The smallest absolute Gasteiger partial charge is 0.330 e. The molecule has 3 aromatic rings. The van der Waals surface area contributed by atoms with Crippen LogP contribution in [0, 0.1) is 0 Å². The molecule has 13 heteroatoms. The van der Waals surface area contributed by atoms with Crippen LogP contribution in [0.25, 0.3) is 6.08 Å². The fourth-order valence-electron chi connectivity index (χ4n) is 4.92. The molecular weight excluding hydrogens is 592 g/mol. The van der Waals surface area contributed by atoms with Crippen LogP contribution in [0.5, 0.6) is 28.7 Å². The number of Topliss-reactive ketones (excluding diaryl/α,β-unsaturated/α-hetero) is 1. The summed E-state index contributed by atoms with van der Waals surface area (Å²) in [5.74, 6) is -2.47. The Morgan fingerprint density at radius 2 is 1.62 bits per heavy atom. The number of esters is 2. The minimum Gasteiger partial charge on any atom is -0.508 e. The fourth-order valence-corrected chi connectivity index (χ4v) is 4.92. The van der Waals surface area contributed by atoms with Gasteiger partial charge in [0.15, 0.2) is 18.0 Å². The van der Waals surface area contributed by atoms with Crippen LogP contribution < -0.4 is 9.47 Å². The second kappa shape index (κ2) is 13.3. The molecule has 3 unspecified atom stereocenters. The summed E-state index contributed by atoms with van der Waals surface area (Å²) in [6.45, 7) is 0.555. The van der Waals surface area contributed by atoms with E-state index < -0.39 is 66.9 Å². The standard InChI is InChI=1S/C32H30O13/c1-16(33)42-31-29(39)26(15-41-27(38)11-4-17-2-7-19(34)8-3-17)45-32(30(31)40)43-21-12-22(36)28-23(37)14-24(44-25(28)13-21)18-5-9-20(35)10-6-18/h2-13,24,26,29-32,34-36,39-40H,14-15H2,1H3/b11-4+/t24?,26?,29-,30?,31+,32-/m1/s1. The Morgan fingerprint density at radius 3 is 2.29 bits per heavy atom. The monoisotopic (exact) mass is 622 g/mol. The lowest BCUT2D eigenvalue weighted by Gasteiger charge is -2.41. The number of carbonyl (C=O) groups is 3. The molecule has 5 N–H and O–H groups in total. The lowest BCUT2D eigenvalue weighted by atomic mass is 9.95. The fraction of sp³-hybridized carbons (Fsp3) is 0.281. The average Bonchev–Trinajstić information content (AvgIpc) is 2.99. The predicted octanol–water partition coefficient (Wildman–Crippen LogP) is 2.52. The second-order valence-electron chi connectivity index (χ2n) is 10.4. The van der Waals surface area contributed by atoms with E-state index in [1.54, 1.807) is 24.3 Å². The van der Waals surface area contributed by atoms with E-state index in [2.05, 4.69) is 0 Å². The van der Waals surface area contributed by atoms with Crippen molar-refractivity contribution in [2.24, 2.45) is 0 Å². The highest BCUT2D eigenvalue weighted by Crippen LogP contribution is 2.42. The minimum atomic E-state index is -1.73. The van der Waals surface area contributed by atoms with E-state index >= 15 is 0 Å². The Balaban J connectivity index is 1.32. The van der Waals surface area contributed by atoms with Gasteiger partial charge in [0.1, 0.15) is 59.2 Å². The molecule has 0 radical (unpaired) electrons. The Bertz CT molecular complexity index is 1580. The summed E-state index contributed by atoms with van der Waals surface area (Å²) in [6.07, 6.45) is -6.03. The molecule has 1 saturated heterocycles. The third-order valence-corrected chi connectivity index (χ3v) is 7.13. The molecule has 13 nitrogen and oxygen atoms in total. The zero-order valence-corrected chi connectivity index (χ0v) is 23.8. The molecule has 5 rings (SSSR count). The van der Waals surface area contributed by atoms with Crippen LogP contribution in [0.1, 0.15) is 40.9 Å². The van der Waals surface area contributed by atoms with Gasteiger partial charge in [-0.1, -0.05) is 24.3 Å². The first-order valence-corrected chi connectivity index (χ1v) is 13.8. The van der Waals surface area contributed by atoms with Gasteiger partial charge in [0.25, 0.3) is 0 Å². The number of phenolic OH excluding ortho intramolecular Hbond substituents is 3. The zero-order chi connectivity index (χ0) is 32.2. The largest absolute Gasteiger partial charge is 0.508 e. The Morgan fingerprint density at radius 1 is 0.956 bits per heavy atom. The minimum absolute atomic E-state index is 0.00732. The van der Waals surface area contributed by atoms with Crippen molar-refractivity contribution in [1.29, 1.82) is 0 Å². The number of hydrogen-bond donors (Lipinski definition) is 5. The van der Waals surface area contributed by atoms with Crippen molar-refractivity contribution < 1.29 is 63.6 Å². The molecule has 0 saturated carbocycles. The van der Waals surface area contributed by atoms with Crippen LogP contribution in [0.4, 0.5) is 0 Å². The summed E-state index contributed by atoms with van der Waals surface area (Å²) in [5.41, 5.74) is 1.15. The van der Waals surface area contributed by atoms with Crippen molar-refractivity contribution in [2.75, 3.05) is 6.61 Å². The van der Waals surface area contributed by atoms with Crippen LogP contribution in [0.3, 0.4) is 0 Å². The Kier molecular flexibility index (Phi) is 9.23. The van der Waals surface area contributed by atoms with Gasteiger partial charge in [-0.2, -0.15) is 0 Å². The van der Waals surface area contributed by atoms with E-state index in [0.717, 1.165) is 19.1 Å². The van der Waals surface area contributed by atoms with Gasteiger partial charge < -0.3 is 49.2 Å². The lowest BCUT2D eigenvalue weighted by molar-refractivity contribution is -0.281. The predicted molar refractivity (Wildman–Crippen MR) is 153 cm³/mol. The van der Waals surface area contributed by atoms with Crippen molar-refractivity contribution in [3.8, 4) is 28.7 Å². The molecule has 0 aliphatic carbocycles. The summed E-state index contributed by atoms with van der Waals surface area (Å²) >= 11 is 0. The summed E-state index contributed by atoms with van der Waals surface area (Å²) in [7, 11) is 0. The van der Waals surface area contributed by atoms with E-state index in [0.29, 0.717) is 11.1 Å². The molecule has 0 spiro atoms. The maximum atomic E-state index is 12.9. The van der Waals surface area contributed by atoms with Gasteiger partial charge in [-0.25, -0.2) is 4.79 Å². The summed E-state index contributed by atoms with van der Waals surface area (Å²) in [4.78, 5) is 37.0. The van der Waals surface area contributed by atoms with E-state index in [1.165, 1.54) is 36.4 Å². The maximum Gasteiger partial charge on any atom is 0.330 e. The molecule has 2 aliphatic heterocycles. The van der Waals surface area contributed by atoms with E-state index in [-0.39, 0.29) is 35.0 Å². The van der Waals surface area contributed by atoms with Crippen molar-refractivity contribution in [3.05, 3.63) is 83.4 Å². The van der Waals surface area contributed by atoms with Crippen molar-refractivity contribution in [2.45, 2.75) is 50.2 Å². The topological polar surface area (TPSA) is 199 Å². The number of rotatable bonds is 8. The highest BCUT2D eigenvalue weighted by Gasteiger charge is 2.48. The van der Waals surface area contributed by atoms with Crippen LogP contribution in [-0.2, 0) is 23.8 Å². The van der Waals surface area contributed by atoms with Crippen LogP contribution in [0.15, 0.2) is 66.7 Å². The highest BCUT2D eigenvalue weighted by molar-refractivity contribution is 6.02. The number of ketones is 1. The summed E-state index contributed by atoms with van der Waals surface area (Å²) < 4.78 is 27.8. The molecule has 2 aliphatic rings. The van der Waals surface area contributed by atoms with Gasteiger partial charge in [-0.3, -0.25) is 9.59 Å². The number of aromatic hydroxyl groups is 3. The number of aliphatic hydroxyl groups excluding tert-OH is 2. The van der Waals surface area contributed by atoms with Gasteiger partial charge in [-0.05, 0) is 41.5 Å². The van der Waals surface area contributed by atoms with E-state index in [9.17, 15) is 39.9 Å². The van der Waals surface area contributed by atoms with Gasteiger partial charge in [-0.15, -0.1) is 0 Å². The second-order valence-corrected chi connectivity index (χ2v) is 10.4. The number of benzene rings is 3. The molecule has 0 aromatic heterocycles. The molecule has 1 fully saturated rings. The summed E-state index contributed by atoms with van der Waals surface area (Å²) in [6, 6.07) is 14.6. The molecule has 45 heavy (non-hydrogen) atoms. The molecule has 2 heterocycles. The van der Waals surface area contributed by atoms with Crippen molar-refractivity contribution in [1.82, 2.24) is 0 Å². The highest BCUT2D eigenvalue weighted by atomic mass is 16.7. The molecule has 0 amide bonds. The number of ether oxygens (including phenoxy) is 5. The normalized spacial score (nSPS) is 24.4. The Hall–Kier alpha value is -5.11. The SMILES string of the molecule is CC(=O)O[C@@H]1C(O)[C@H](Oc2cc(O)c3c(c2)OC(c2ccc(O)cc2)CC3=O)OC(COC(=O)/C=C/c2ccc(O)cc2)[C@H]1O. The molecule has 0 bridgehead atoms. The van der Waals surface area contributed by atoms with Crippen LogP contribution >= 0.6 is 0 Å². The Labute approximate surface area is 256 Å². The van der Waals surface area contributed by atoms with E-state index in [4.69, 9.17) is 23.7 Å². The number of aliphatic hydroxyl groups is 2. The number of fused-ring (bicyclic) bond motifs is 1. The first-order valence-electron chi connectivity index (χ1n) is 13.8. The van der Waals surface area contributed by atoms with Gasteiger partial charge in [0.05, 0.1) is 6.42 Å². The van der Waals surface area contributed by atoms with Gasteiger partial charge in [0.2, 0.25) is 6.29 Å². The molecular formula is C32H30O13. The number of carbonyl (C=O) groups excluding carboxylic acids is 3. The first-order chi connectivity index (χ1) is 21.5. The third-order valence-electron chi connectivity index (χ3n) is 7.13. The van der Waals surface area contributed by atoms with Crippen molar-refractivity contribution in [3.63, 3.8) is 0 Å². The number of hydrogen-bond acceptors (Lipinski definition) is 13. The molecule has 3 aromatic carbocycles. The first kappa shape index (κ1) is 31.3. The maximum absolute atomic E-state index is 12.9. The lowest BCUT2D eigenvalue weighted by Crippen LogP contribution is -2.61.